The van der Waals surface area contributed by atoms with Crippen molar-refractivity contribution in [3.63, 3.8) is 0 Å². The molecule has 0 saturated heterocycles. The first-order chi connectivity index (χ1) is 16.0. The number of ether oxygens (including phenoxy) is 1. The molecule has 2 amide bonds. The number of carbonyl (C=O) groups excluding carboxylic acids is 2. The Kier molecular flexibility index (Phi) is 12.8. The van der Waals surface area contributed by atoms with Gasteiger partial charge in [-0.15, -0.1) is 11.3 Å². The number of benzene rings is 1. The van der Waals surface area contributed by atoms with E-state index in [-0.39, 0.29) is 18.4 Å². The second-order valence-corrected chi connectivity index (χ2v) is 9.95. The van der Waals surface area contributed by atoms with Crippen LogP contribution >= 0.6 is 11.3 Å². The van der Waals surface area contributed by atoms with Crippen LogP contribution in [-0.2, 0) is 27.4 Å². The minimum atomic E-state index is -0.0124. The second-order valence-electron chi connectivity index (χ2n) is 8.57. The van der Waals surface area contributed by atoms with Crippen LogP contribution in [0.5, 0.6) is 0 Å². The van der Waals surface area contributed by atoms with Crippen LogP contribution in [0.15, 0.2) is 42.5 Å². The molecule has 2 rings (SSSR count). The van der Waals surface area contributed by atoms with Crippen molar-refractivity contribution in [1.82, 2.24) is 9.80 Å². The molecule has 0 radical (unpaired) electrons. The molecule has 0 saturated carbocycles. The molecule has 5 nitrogen and oxygen atoms in total. The Hall–Kier alpha value is -2.18. The molecule has 33 heavy (non-hydrogen) atoms. The second kappa shape index (κ2) is 15.6. The molecule has 0 aliphatic carbocycles. The van der Waals surface area contributed by atoms with Crippen LogP contribution in [0, 0.1) is 6.92 Å². The lowest BCUT2D eigenvalue weighted by Crippen LogP contribution is -2.43. The van der Waals surface area contributed by atoms with Crippen LogP contribution < -0.4 is 0 Å². The molecule has 0 aliphatic heterocycles. The van der Waals surface area contributed by atoms with E-state index >= 15 is 0 Å². The first-order valence-electron chi connectivity index (χ1n) is 12.2. The van der Waals surface area contributed by atoms with Gasteiger partial charge in [0, 0.05) is 43.0 Å². The monoisotopic (exact) mass is 472 g/mol. The van der Waals surface area contributed by atoms with Crippen molar-refractivity contribution < 1.29 is 14.3 Å². The van der Waals surface area contributed by atoms with Crippen molar-refractivity contribution in [2.24, 2.45) is 0 Å². The van der Waals surface area contributed by atoms with Gasteiger partial charge in [-0.05, 0) is 37.5 Å². The first-order valence-corrected chi connectivity index (χ1v) is 13.0. The van der Waals surface area contributed by atoms with E-state index in [0.29, 0.717) is 32.7 Å². The van der Waals surface area contributed by atoms with Crippen LogP contribution in [0.3, 0.4) is 0 Å². The maximum absolute atomic E-state index is 13.4. The fourth-order valence-corrected chi connectivity index (χ4v) is 4.69. The largest absolute Gasteiger partial charge is 0.385 e. The lowest BCUT2D eigenvalue weighted by molar-refractivity contribution is -0.141. The maximum Gasteiger partial charge on any atom is 0.242 e. The lowest BCUT2D eigenvalue weighted by Gasteiger charge is -2.28. The molecular formula is C27H40N2O3S. The van der Waals surface area contributed by atoms with Crippen molar-refractivity contribution in [2.75, 3.05) is 26.8 Å². The summed E-state index contributed by atoms with van der Waals surface area (Å²) in [5, 5.41) is 0. The predicted octanol–water partition coefficient (Wildman–Crippen LogP) is 5.81. The highest BCUT2D eigenvalue weighted by Crippen LogP contribution is 2.19. The van der Waals surface area contributed by atoms with E-state index < -0.39 is 0 Å². The standard InChI is InChI=1S/C27H40N2O3S/c1-4-5-6-7-11-15-26(30)28(18-12-19-32-3)22-27(31)29(20-24-13-9-8-10-14-24)21-25-17-16-23(2)33-25/h8-10,13-14,16-17H,4-7,11-12,15,18-22H2,1-3H3. The van der Waals surface area contributed by atoms with Gasteiger partial charge in [0.25, 0.3) is 0 Å². The van der Waals surface area contributed by atoms with Crippen molar-refractivity contribution in [2.45, 2.75) is 71.9 Å². The van der Waals surface area contributed by atoms with E-state index in [2.05, 4.69) is 26.0 Å². The smallest absolute Gasteiger partial charge is 0.242 e. The van der Waals surface area contributed by atoms with E-state index in [9.17, 15) is 9.59 Å². The number of carbonyl (C=O) groups is 2. The van der Waals surface area contributed by atoms with Gasteiger partial charge in [0.05, 0.1) is 13.1 Å². The third-order valence-corrected chi connectivity index (χ3v) is 6.65. The van der Waals surface area contributed by atoms with Gasteiger partial charge < -0.3 is 14.5 Å². The number of unbranched alkanes of at least 4 members (excludes halogenated alkanes) is 4. The molecule has 0 fully saturated rings. The molecule has 1 aromatic carbocycles. The molecule has 1 heterocycles. The quantitative estimate of drug-likeness (QED) is 0.290. The summed E-state index contributed by atoms with van der Waals surface area (Å²) in [6.07, 6.45) is 6.75. The Bertz CT molecular complexity index is 822. The van der Waals surface area contributed by atoms with Crippen LogP contribution in [-0.4, -0.2) is 48.4 Å². The fourth-order valence-electron chi connectivity index (χ4n) is 3.79. The van der Waals surface area contributed by atoms with Gasteiger partial charge in [-0.2, -0.15) is 0 Å². The van der Waals surface area contributed by atoms with Crippen LogP contribution in [0.1, 0.15) is 67.2 Å². The fraction of sp³-hybridized carbons (Fsp3) is 0.556. The molecule has 0 aliphatic rings. The van der Waals surface area contributed by atoms with Crippen LogP contribution in [0.4, 0.5) is 0 Å². The van der Waals surface area contributed by atoms with Gasteiger partial charge in [-0.3, -0.25) is 9.59 Å². The SMILES string of the molecule is CCCCCCCC(=O)N(CCCOC)CC(=O)N(Cc1ccccc1)Cc1ccc(C)s1. The van der Waals surface area contributed by atoms with Crippen molar-refractivity contribution in [3.05, 3.63) is 57.8 Å². The van der Waals surface area contributed by atoms with Crippen LogP contribution in [0.25, 0.3) is 0 Å². The van der Waals surface area contributed by atoms with E-state index in [1.807, 2.05) is 35.2 Å². The zero-order valence-corrected chi connectivity index (χ0v) is 21.4. The number of rotatable bonds is 16. The minimum absolute atomic E-state index is 0.0124. The summed E-state index contributed by atoms with van der Waals surface area (Å²) in [7, 11) is 1.66. The molecule has 0 unspecified atom stereocenters. The highest BCUT2D eigenvalue weighted by Gasteiger charge is 2.22. The van der Waals surface area contributed by atoms with Gasteiger partial charge in [-0.1, -0.05) is 62.9 Å². The first kappa shape index (κ1) is 27.1. The Morgan fingerprint density at radius 2 is 1.64 bits per heavy atom. The van der Waals surface area contributed by atoms with Gasteiger partial charge in [-0.25, -0.2) is 0 Å². The Morgan fingerprint density at radius 3 is 2.30 bits per heavy atom. The third kappa shape index (κ3) is 10.5. The summed E-state index contributed by atoms with van der Waals surface area (Å²) in [6.45, 7) is 6.61. The van der Waals surface area contributed by atoms with E-state index in [1.165, 1.54) is 17.7 Å². The summed E-state index contributed by atoms with van der Waals surface area (Å²) in [6, 6.07) is 14.2. The predicted molar refractivity (Wildman–Crippen MR) is 136 cm³/mol. The summed E-state index contributed by atoms with van der Waals surface area (Å²) in [5.41, 5.74) is 1.09. The normalized spacial score (nSPS) is 10.9. The lowest BCUT2D eigenvalue weighted by atomic mass is 10.1. The summed E-state index contributed by atoms with van der Waals surface area (Å²) >= 11 is 1.71. The maximum atomic E-state index is 13.4. The van der Waals surface area contributed by atoms with Gasteiger partial charge in [0.15, 0.2) is 0 Å². The van der Waals surface area contributed by atoms with Crippen molar-refractivity contribution in [3.8, 4) is 0 Å². The Labute approximate surface area is 203 Å². The average Bonchev–Trinajstić information content (AvgIpc) is 3.23. The summed E-state index contributed by atoms with van der Waals surface area (Å²) in [4.78, 5) is 32.4. The zero-order chi connectivity index (χ0) is 23.9. The number of amides is 2. The molecule has 0 spiro atoms. The van der Waals surface area contributed by atoms with Crippen LogP contribution in [0.2, 0.25) is 0 Å². The van der Waals surface area contributed by atoms with Gasteiger partial charge in [0.2, 0.25) is 11.8 Å². The zero-order valence-electron chi connectivity index (χ0n) is 20.6. The van der Waals surface area contributed by atoms with E-state index in [4.69, 9.17) is 4.74 Å². The molecule has 2 aromatic rings. The highest BCUT2D eigenvalue weighted by atomic mass is 32.1. The minimum Gasteiger partial charge on any atom is -0.385 e. The van der Waals surface area contributed by atoms with Crippen molar-refractivity contribution in [1.29, 1.82) is 0 Å². The molecule has 6 heteroatoms. The topological polar surface area (TPSA) is 49.9 Å². The Balaban J connectivity index is 2.06. The number of aryl methyl sites for hydroxylation is 1. The number of hydrogen-bond donors (Lipinski definition) is 0. The van der Waals surface area contributed by atoms with Gasteiger partial charge in [0.1, 0.15) is 0 Å². The highest BCUT2D eigenvalue weighted by molar-refractivity contribution is 7.11. The van der Waals surface area contributed by atoms with E-state index in [0.717, 1.165) is 36.1 Å². The number of thiophene rings is 1. The molecule has 0 N–H and O–H groups in total. The molecule has 182 valence electrons. The molecule has 1 aromatic heterocycles. The Morgan fingerprint density at radius 1 is 0.879 bits per heavy atom. The summed E-state index contributed by atoms with van der Waals surface area (Å²) in [5.74, 6) is 0.0595. The third-order valence-electron chi connectivity index (χ3n) is 5.66. The molecular weight excluding hydrogens is 432 g/mol. The number of methoxy groups -OCH3 is 1. The molecule has 0 atom stereocenters. The van der Waals surface area contributed by atoms with Gasteiger partial charge >= 0.3 is 0 Å². The molecule has 0 bridgehead atoms. The van der Waals surface area contributed by atoms with Crippen molar-refractivity contribution >= 4 is 23.2 Å². The number of nitrogens with zero attached hydrogens (tertiary/aromatic N) is 2. The number of hydrogen-bond acceptors (Lipinski definition) is 4. The average molecular weight is 473 g/mol. The van der Waals surface area contributed by atoms with E-state index in [1.54, 1.807) is 23.3 Å². The summed E-state index contributed by atoms with van der Waals surface area (Å²) < 4.78 is 5.18.